The third kappa shape index (κ3) is 16.0. The first-order valence-electron chi connectivity index (χ1n) is 13.5. The molecule has 2 saturated heterocycles. The van der Waals surface area contributed by atoms with Gasteiger partial charge in [-0.15, -0.1) is 0 Å². The molecule has 1 unspecified atom stereocenters. The van der Waals surface area contributed by atoms with E-state index in [1.807, 2.05) is 0 Å². The van der Waals surface area contributed by atoms with Gasteiger partial charge in [-0.1, -0.05) is 0 Å². The summed E-state index contributed by atoms with van der Waals surface area (Å²) in [6, 6.07) is 0. The molecule has 1 atom stereocenters. The van der Waals surface area contributed by atoms with Gasteiger partial charge in [0.15, 0.2) is 0 Å². The number of esters is 4. The largest absolute Gasteiger partial charge is 0.466 e. The molecule has 2 rings (SSSR count). The summed E-state index contributed by atoms with van der Waals surface area (Å²) in [5, 5.41) is 0. The van der Waals surface area contributed by atoms with Gasteiger partial charge in [0.25, 0.3) is 0 Å². The second-order valence-electron chi connectivity index (χ2n) is 9.17. The molecule has 0 aromatic heterocycles. The smallest absolute Gasteiger partial charge is 0.331 e. The molecule has 0 amide bonds. The van der Waals surface area contributed by atoms with Crippen LogP contribution >= 0.6 is 0 Å². The monoisotopic (exact) mass is 554 g/mol. The SMILES string of the molecule is COC(=O)/C=C/C(=O)OCCCCN1CCOC(COC(=O)/C=C/C(=O)OCCCCCN2CCOCC2)C1. The first-order valence-corrected chi connectivity index (χ1v) is 13.5. The van der Waals surface area contributed by atoms with Gasteiger partial charge in [0.1, 0.15) is 12.7 Å². The van der Waals surface area contributed by atoms with Crippen LogP contribution in [0.5, 0.6) is 0 Å². The molecule has 2 fully saturated rings. The van der Waals surface area contributed by atoms with E-state index in [0.717, 1.165) is 95.9 Å². The molecule has 2 heterocycles. The van der Waals surface area contributed by atoms with Crippen molar-refractivity contribution in [1.82, 2.24) is 9.80 Å². The Morgan fingerprint density at radius 3 is 1.90 bits per heavy atom. The summed E-state index contributed by atoms with van der Waals surface area (Å²) in [7, 11) is 1.23. The maximum Gasteiger partial charge on any atom is 0.331 e. The van der Waals surface area contributed by atoms with E-state index < -0.39 is 23.9 Å². The number of unbranched alkanes of at least 4 members (excludes halogenated alkanes) is 3. The molecule has 0 N–H and O–H groups in total. The van der Waals surface area contributed by atoms with Crippen LogP contribution in [0.2, 0.25) is 0 Å². The first kappa shape index (κ1) is 32.4. The van der Waals surface area contributed by atoms with Gasteiger partial charge >= 0.3 is 23.9 Å². The lowest BCUT2D eigenvalue weighted by atomic mass is 10.2. The van der Waals surface area contributed by atoms with Crippen LogP contribution in [0.3, 0.4) is 0 Å². The summed E-state index contributed by atoms with van der Waals surface area (Å²) in [5.41, 5.74) is 0. The average Bonchev–Trinajstić information content (AvgIpc) is 2.96. The third-order valence-electron chi connectivity index (χ3n) is 6.13. The molecule has 12 nitrogen and oxygen atoms in total. The molecule has 0 aromatic rings. The molecule has 2 aliphatic rings. The van der Waals surface area contributed by atoms with Crippen molar-refractivity contribution < 1.29 is 47.6 Å². The summed E-state index contributed by atoms with van der Waals surface area (Å²) >= 11 is 0. The highest BCUT2D eigenvalue weighted by Gasteiger charge is 2.21. The number of carbonyl (C=O) groups excluding carboxylic acids is 4. The number of nitrogens with zero attached hydrogens (tertiary/aromatic N) is 2. The molecule has 0 radical (unpaired) electrons. The van der Waals surface area contributed by atoms with E-state index in [-0.39, 0.29) is 19.3 Å². The van der Waals surface area contributed by atoms with E-state index in [4.69, 9.17) is 23.7 Å². The lowest BCUT2D eigenvalue weighted by molar-refractivity contribution is -0.145. The van der Waals surface area contributed by atoms with Crippen molar-refractivity contribution in [3.05, 3.63) is 24.3 Å². The normalized spacial score (nSPS) is 18.7. The van der Waals surface area contributed by atoms with E-state index in [9.17, 15) is 19.2 Å². The summed E-state index contributed by atoms with van der Waals surface area (Å²) in [4.78, 5) is 50.8. The molecule has 0 saturated carbocycles. The van der Waals surface area contributed by atoms with Crippen LogP contribution in [-0.2, 0) is 47.6 Å². The number of methoxy groups -OCH3 is 1. The highest BCUT2D eigenvalue weighted by molar-refractivity contribution is 5.92. The van der Waals surface area contributed by atoms with Gasteiger partial charge in [-0.2, -0.15) is 0 Å². The second-order valence-corrected chi connectivity index (χ2v) is 9.17. The predicted molar refractivity (Wildman–Crippen MR) is 140 cm³/mol. The lowest BCUT2D eigenvalue weighted by Crippen LogP contribution is -2.45. The van der Waals surface area contributed by atoms with Gasteiger partial charge in [-0.05, 0) is 45.2 Å². The number of hydrogen-bond acceptors (Lipinski definition) is 12. The Labute approximate surface area is 230 Å². The Hall–Kier alpha value is -2.80. The highest BCUT2D eigenvalue weighted by atomic mass is 16.6. The maximum atomic E-state index is 12.0. The van der Waals surface area contributed by atoms with Crippen LogP contribution in [0.4, 0.5) is 0 Å². The topological polar surface area (TPSA) is 130 Å². The minimum atomic E-state index is -0.624. The van der Waals surface area contributed by atoms with E-state index in [0.29, 0.717) is 26.2 Å². The Morgan fingerprint density at radius 1 is 0.692 bits per heavy atom. The fraction of sp³-hybridized carbons (Fsp3) is 0.704. The highest BCUT2D eigenvalue weighted by Crippen LogP contribution is 2.08. The summed E-state index contributed by atoms with van der Waals surface area (Å²) in [5.74, 6) is -2.40. The molecule has 2 aliphatic heterocycles. The van der Waals surface area contributed by atoms with E-state index in [1.54, 1.807) is 0 Å². The average molecular weight is 555 g/mol. The van der Waals surface area contributed by atoms with Gasteiger partial charge in [0, 0.05) is 50.5 Å². The molecular weight excluding hydrogens is 512 g/mol. The summed E-state index contributed by atoms with van der Waals surface area (Å²) in [6.45, 7) is 7.88. The summed E-state index contributed by atoms with van der Waals surface area (Å²) in [6.07, 6.45) is 8.22. The Balaban J connectivity index is 1.48. The Kier molecular flexibility index (Phi) is 16.7. The van der Waals surface area contributed by atoms with Crippen LogP contribution in [0, 0.1) is 0 Å². The van der Waals surface area contributed by atoms with Crippen molar-refractivity contribution in [3.63, 3.8) is 0 Å². The Morgan fingerprint density at radius 2 is 1.23 bits per heavy atom. The molecule has 0 aromatic carbocycles. The molecule has 0 spiro atoms. The van der Waals surface area contributed by atoms with Crippen LogP contribution in [0.15, 0.2) is 24.3 Å². The van der Waals surface area contributed by atoms with Gasteiger partial charge < -0.3 is 28.4 Å². The maximum absolute atomic E-state index is 12.0. The van der Waals surface area contributed by atoms with Crippen LogP contribution in [0.1, 0.15) is 32.1 Å². The van der Waals surface area contributed by atoms with Crippen molar-refractivity contribution in [2.75, 3.05) is 86.0 Å². The van der Waals surface area contributed by atoms with Gasteiger partial charge in [0.05, 0.1) is 40.1 Å². The molecule has 39 heavy (non-hydrogen) atoms. The standard InChI is InChI=1S/C27H42N2O10/c1-34-24(30)7-8-25(31)38-17-6-4-12-29-15-20-36-23(21-29)22-39-27(33)10-9-26(32)37-16-5-2-3-11-28-13-18-35-19-14-28/h7-10,23H,2-6,11-22H2,1H3/b8-7+,10-9+. The lowest BCUT2D eigenvalue weighted by Gasteiger charge is -2.32. The zero-order valence-electron chi connectivity index (χ0n) is 22.9. The summed E-state index contributed by atoms with van der Waals surface area (Å²) < 4.78 is 30.8. The fourth-order valence-electron chi connectivity index (χ4n) is 3.97. The quantitative estimate of drug-likeness (QED) is 0.110. The number of rotatable bonds is 17. The van der Waals surface area contributed by atoms with Crippen molar-refractivity contribution >= 4 is 23.9 Å². The molecule has 220 valence electrons. The second kappa shape index (κ2) is 20.2. The molecular formula is C27H42N2O10. The van der Waals surface area contributed by atoms with Crippen LogP contribution in [0.25, 0.3) is 0 Å². The van der Waals surface area contributed by atoms with Crippen molar-refractivity contribution in [2.24, 2.45) is 0 Å². The van der Waals surface area contributed by atoms with Crippen molar-refractivity contribution in [2.45, 2.75) is 38.2 Å². The predicted octanol–water partition coefficient (Wildman–Crippen LogP) is 0.885. The van der Waals surface area contributed by atoms with Gasteiger partial charge in [-0.3, -0.25) is 9.80 Å². The van der Waals surface area contributed by atoms with Crippen molar-refractivity contribution in [1.29, 1.82) is 0 Å². The molecule has 0 aliphatic carbocycles. The number of ether oxygens (including phenoxy) is 6. The van der Waals surface area contributed by atoms with Crippen molar-refractivity contribution in [3.8, 4) is 0 Å². The fourth-order valence-corrected chi connectivity index (χ4v) is 3.97. The first-order chi connectivity index (χ1) is 19.0. The van der Waals surface area contributed by atoms with Gasteiger partial charge in [0.2, 0.25) is 0 Å². The minimum Gasteiger partial charge on any atom is -0.466 e. The number of hydrogen-bond donors (Lipinski definition) is 0. The zero-order chi connectivity index (χ0) is 28.1. The third-order valence-corrected chi connectivity index (χ3v) is 6.13. The van der Waals surface area contributed by atoms with Gasteiger partial charge in [-0.25, -0.2) is 19.2 Å². The minimum absolute atomic E-state index is 0.0853. The molecule has 12 heteroatoms. The van der Waals surface area contributed by atoms with E-state index in [1.165, 1.54) is 7.11 Å². The van der Waals surface area contributed by atoms with E-state index in [2.05, 4.69) is 14.5 Å². The van der Waals surface area contributed by atoms with Crippen LogP contribution in [-0.4, -0.2) is 126 Å². The van der Waals surface area contributed by atoms with Crippen LogP contribution < -0.4 is 0 Å². The Bertz CT molecular complexity index is 810. The number of morpholine rings is 2. The zero-order valence-corrected chi connectivity index (χ0v) is 22.9. The molecule has 0 bridgehead atoms. The van der Waals surface area contributed by atoms with E-state index >= 15 is 0 Å². The number of carbonyl (C=O) groups is 4.